The summed E-state index contributed by atoms with van der Waals surface area (Å²) in [6.45, 7) is 3.22. The molecule has 1 aliphatic rings. The summed E-state index contributed by atoms with van der Waals surface area (Å²) in [4.78, 5) is 37.8. The Morgan fingerprint density at radius 3 is 2.73 bits per heavy atom. The molecule has 194 valence electrons. The number of imidazole rings is 1. The fraction of sp³-hybridized carbons (Fsp3) is 0.360. The number of aliphatic hydroxyl groups is 2. The lowest BCUT2D eigenvalue weighted by Gasteiger charge is -2.27. The Kier molecular flexibility index (Phi) is 7.24. The molecule has 1 saturated heterocycles. The molecule has 37 heavy (non-hydrogen) atoms. The van der Waals surface area contributed by atoms with E-state index in [2.05, 4.69) is 19.9 Å². The van der Waals surface area contributed by atoms with Crippen molar-refractivity contribution in [2.24, 2.45) is 0 Å². The first-order valence-electron chi connectivity index (χ1n) is 12.0. The zero-order valence-electron chi connectivity index (χ0n) is 20.2. The van der Waals surface area contributed by atoms with Gasteiger partial charge in [0.15, 0.2) is 17.3 Å². The predicted octanol–water partition coefficient (Wildman–Crippen LogP) is 2.19. The highest BCUT2D eigenvalue weighted by atomic mass is 32.1. The van der Waals surface area contributed by atoms with Crippen LogP contribution in [0.1, 0.15) is 40.2 Å². The van der Waals surface area contributed by atoms with Crippen molar-refractivity contribution in [2.75, 3.05) is 12.3 Å². The number of para-hydroxylation sites is 2. The number of nitrogens with zero attached hydrogens (tertiary/aromatic N) is 4. The van der Waals surface area contributed by atoms with Crippen LogP contribution in [0, 0.1) is 6.92 Å². The average molecular weight is 541 g/mol. The number of carbonyl (C=O) groups excluding carboxylic acids is 2. The normalized spacial score (nSPS) is 17.3. The fourth-order valence-electron chi connectivity index (χ4n) is 4.67. The van der Waals surface area contributed by atoms with Crippen LogP contribution in [-0.4, -0.2) is 60.2 Å². The van der Waals surface area contributed by atoms with Gasteiger partial charge in [0.05, 0.1) is 35.9 Å². The Morgan fingerprint density at radius 1 is 1.16 bits per heavy atom. The zero-order valence-corrected chi connectivity index (χ0v) is 21.8. The summed E-state index contributed by atoms with van der Waals surface area (Å²) in [5.74, 6) is -0.580. The summed E-state index contributed by atoms with van der Waals surface area (Å²) >= 11 is 2.82. The number of nitrogen functional groups attached to an aromatic ring is 1. The summed E-state index contributed by atoms with van der Waals surface area (Å²) in [6.07, 6.45) is -2.33. The van der Waals surface area contributed by atoms with Gasteiger partial charge in [0.25, 0.3) is 11.8 Å². The van der Waals surface area contributed by atoms with E-state index in [-0.39, 0.29) is 12.6 Å². The van der Waals surface area contributed by atoms with Crippen LogP contribution in [0.3, 0.4) is 0 Å². The zero-order chi connectivity index (χ0) is 26.1. The van der Waals surface area contributed by atoms with Crippen LogP contribution in [0.4, 0.5) is 5.13 Å². The SMILES string of the molecule is Cc1nc2ccccc2n1Cc1ccc(CNC(=O)[C@H](O)C(O)C(=O)N2CCC[C@@H]2c2csc(N)n2)s1. The minimum Gasteiger partial charge on any atom is -0.380 e. The van der Waals surface area contributed by atoms with Crippen LogP contribution in [-0.2, 0) is 22.7 Å². The maximum atomic E-state index is 12.9. The van der Waals surface area contributed by atoms with Gasteiger partial charge < -0.3 is 30.7 Å². The second-order valence-corrected chi connectivity index (χ2v) is 11.2. The lowest BCUT2D eigenvalue weighted by molar-refractivity contribution is -0.153. The van der Waals surface area contributed by atoms with Gasteiger partial charge in [-0.15, -0.1) is 22.7 Å². The van der Waals surface area contributed by atoms with E-state index in [0.29, 0.717) is 30.3 Å². The van der Waals surface area contributed by atoms with Gasteiger partial charge in [0, 0.05) is 21.7 Å². The molecule has 12 heteroatoms. The fourth-order valence-corrected chi connectivity index (χ4v) is 6.23. The Labute approximate surface area is 221 Å². The highest BCUT2D eigenvalue weighted by molar-refractivity contribution is 7.13. The molecule has 4 aromatic rings. The largest absolute Gasteiger partial charge is 0.380 e. The summed E-state index contributed by atoms with van der Waals surface area (Å²) in [5, 5.41) is 25.7. The number of benzene rings is 1. The third-order valence-electron chi connectivity index (χ3n) is 6.55. The smallest absolute Gasteiger partial charge is 0.255 e. The molecule has 0 spiro atoms. The van der Waals surface area contributed by atoms with Gasteiger partial charge in [-0.05, 0) is 44.0 Å². The summed E-state index contributed by atoms with van der Waals surface area (Å²) in [6, 6.07) is 11.5. The summed E-state index contributed by atoms with van der Waals surface area (Å²) in [5.41, 5.74) is 8.38. The Hall–Kier alpha value is -3.32. The molecule has 0 saturated carbocycles. The number of thiophene rings is 1. The topological polar surface area (TPSA) is 147 Å². The van der Waals surface area contributed by atoms with Gasteiger partial charge in [-0.2, -0.15) is 0 Å². The van der Waals surface area contributed by atoms with E-state index in [4.69, 9.17) is 5.73 Å². The summed E-state index contributed by atoms with van der Waals surface area (Å²) < 4.78 is 2.14. The molecule has 3 atom stereocenters. The quantitative estimate of drug-likeness (QED) is 0.268. The minimum atomic E-state index is -1.88. The van der Waals surface area contributed by atoms with Crippen LogP contribution in [0.25, 0.3) is 11.0 Å². The molecule has 0 aliphatic carbocycles. The molecule has 0 radical (unpaired) electrons. The van der Waals surface area contributed by atoms with Crippen molar-refractivity contribution in [1.82, 2.24) is 24.8 Å². The predicted molar refractivity (Wildman–Crippen MR) is 142 cm³/mol. The Balaban J connectivity index is 1.17. The molecule has 1 aromatic carbocycles. The molecule has 1 fully saturated rings. The number of aromatic nitrogens is 3. The van der Waals surface area contributed by atoms with Crippen LogP contribution in [0.5, 0.6) is 0 Å². The Bertz CT molecular complexity index is 1430. The number of likely N-dealkylation sites (tertiary alicyclic amines) is 1. The van der Waals surface area contributed by atoms with Crippen LogP contribution < -0.4 is 11.1 Å². The van der Waals surface area contributed by atoms with Gasteiger partial charge in [-0.25, -0.2) is 9.97 Å². The molecular weight excluding hydrogens is 512 g/mol. The van der Waals surface area contributed by atoms with Crippen molar-refractivity contribution in [3.8, 4) is 0 Å². The number of rotatable bonds is 8. The number of nitrogens with one attached hydrogen (secondary N) is 1. The number of amides is 2. The van der Waals surface area contributed by atoms with E-state index >= 15 is 0 Å². The highest BCUT2D eigenvalue weighted by Gasteiger charge is 2.39. The second-order valence-electron chi connectivity index (χ2n) is 9.01. The monoisotopic (exact) mass is 540 g/mol. The van der Waals surface area contributed by atoms with E-state index < -0.39 is 24.0 Å². The van der Waals surface area contributed by atoms with Crippen LogP contribution in [0.15, 0.2) is 41.8 Å². The number of carbonyl (C=O) groups is 2. The highest BCUT2D eigenvalue weighted by Crippen LogP contribution is 2.33. The summed E-state index contributed by atoms with van der Waals surface area (Å²) in [7, 11) is 0. The van der Waals surface area contributed by atoms with Crippen molar-refractivity contribution in [2.45, 2.75) is 51.1 Å². The first-order chi connectivity index (χ1) is 17.8. The lowest BCUT2D eigenvalue weighted by atomic mass is 10.1. The van der Waals surface area contributed by atoms with Crippen LogP contribution in [0.2, 0.25) is 0 Å². The molecular formula is C25H28N6O4S2. The number of hydrogen-bond donors (Lipinski definition) is 4. The standard InChI is InChI=1S/C25H28N6O4S2/c1-14-28-17-5-2-3-6-19(17)31(14)12-16-9-8-15(37-16)11-27-23(34)21(32)22(33)24(35)30-10-4-7-20(30)18-13-36-25(26)29-18/h2-3,5-6,8-9,13,20-22,32-33H,4,7,10-12H2,1H3,(H2,26,29)(H,27,34)/t20-,21-,22?/m1/s1. The van der Waals surface area contributed by atoms with Crippen molar-refractivity contribution in [3.05, 3.63) is 63.1 Å². The van der Waals surface area contributed by atoms with Crippen molar-refractivity contribution in [1.29, 1.82) is 0 Å². The first-order valence-corrected chi connectivity index (χ1v) is 13.7. The minimum absolute atomic E-state index is 0.176. The number of nitrogens with two attached hydrogens (primary N) is 1. The molecule has 1 aliphatic heterocycles. The maximum absolute atomic E-state index is 12.9. The van der Waals surface area contributed by atoms with Gasteiger partial charge in [0.1, 0.15) is 5.82 Å². The number of aliphatic hydroxyl groups excluding tert-OH is 2. The molecule has 4 heterocycles. The third-order valence-corrected chi connectivity index (χ3v) is 8.31. The molecule has 5 N–H and O–H groups in total. The van der Waals surface area contributed by atoms with E-state index in [1.54, 1.807) is 5.38 Å². The molecule has 1 unspecified atom stereocenters. The number of hydrogen-bond acceptors (Lipinski definition) is 9. The molecule has 10 nitrogen and oxygen atoms in total. The van der Waals surface area contributed by atoms with E-state index in [0.717, 1.165) is 33.0 Å². The number of anilines is 1. The van der Waals surface area contributed by atoms with Gasteiger partial charge in [0.2, 0.25) is 0 Å². The lowest BCUT2D eigenvalue weighted by Crippen LogP contribution is -2.50. The molecule has 3 aromatic heterocycles. The van der Waals surface area contributed by atoms with Crippen molar-refractivity contribution >= 4 is 50.7 Å². The van der Waals surface area contributed by atoms with Gasteiger partial charge in [-0.3, -0.25) is 9.59 Å². The van der Waals surface area contributed by atoms with Crippen molar-refractivity contribution in [3.63, 3.8) is 0 Å². The van der Waals surface area contributed by atoms with Crippen LogP contribution >= 0.6 is 22.7 Å². The van der Waals surface area contributed by atoms with Gasteiger partial charge in [-0.1, -0.05) is 12.1 Å². The average Bonchev–Trinajstić information content (AvgIpc) is 3.69. The first kappa shape index (κ1) is 25.3. The van der Waals surface area contributed by atoms with Crippen molar-refractivity contribution < 1.29 is 19.8 Å². The number of aryl methyl sites for hydroxylation is 1. The second kappa shape index (κ2) is 10.6. The third kappa shape index (κ3) is 5.23. The van der Waals surface area contributed by atoms with Gasteiger partial charge >= 0.3 is 0 Å². The van der Waals surface area contributed by atoms with E-state index in [1.165, 1.54) is 27.6 Å². The molecule has 0 bridgehead atoms. The maximum Gasteiger partial charge on any atom is 0.255 e. The van der Waals surface area contributed by atoms with E-state index in [1.807, 2.05) is 43.3 Å². The van der Waals surface area contributed by atoms with E-state index in [9.17, 15) is 19.8 Å². The number of fused-ring (bicyclic) bond motifs is 1. The molecule has 2 amide bonds. The Morgan fingerprint density at radius 2 is 1.95 bits per heavy atom. The molecule has 5 rings (SSSR count). The number of thiazole rings is 1.